The number of benzene rings is 1. The minimum atomic E-state index is -1.49. The van der Waals surface area contributed by atoms with Crippen molar-refractivity contribution in [2.45, 2.75) is 0 Å². The molecule has 2 heterocycles. The van der Waals surface area contributed by atoms with Crippen LogP contribution in [-0.4, -0.2) is 19.6 Å². The SMILES string of the molecule is Fc1cc(-c2cnc3nncn3c2)cc(F)c1F. The number of fused-ring (bicyclic) bond motifs is 1. The highest BCUT2D eigenvalue weighted by atomic mass is 19.2. The van der Waals surface area contributed by atoms with Gasteiger partial charge >= 0.3 is 0 Å². The van der Waals surface area contributed by atoms with Crippen LogP contribution < -0.4 is 0 Å². The predicted octanol–water partition coefficient (Wildman–Crippen LogP) is 2.21. The van der Waals surface area contributed by atoms with E-state index >= 15 is 0 Å². The molecule has 90 valence electrons. The van der Waals surface area contributed by atoms with E-state index in [2.05, 4.69) is 15.2 Å². The Labute approximate surface area is 98.7 Å². The molecule has 0 aliphatic rings. The van der Waals surface area contributed by atoms with Crippen molar-refractivity contribution in [3.63, 3.8) is 0 Å². The molecule has 4 nitrogen and oxygen atoms in total. The summed E-state index contributed by atoms with van der Waals surface area (Å²) in [5.74, 6) is -3.61. The fourth-order valence-electron chi connectivity index (χ4n) is 1.60. The first-order valence-corrected chi connectivity index (χ1v) is 4.95. The summed E-state index contributed by atoms with van der Waals surface area (Å²) >= 11 is 0. The van der Waals surface area contributed by atoms with Crippen molar-refractivity contribution in [1.29, 1.82) is 0 Å². The van der Waals surface area contributed by atoms with Crippen molar-refractivity contribution in [2.75, 3.05) is 0 Å². The summed E-state index contributed by atoms with van der Waals surface area (Å²) in [4.78, 5) is 3.95. The molecular weight excluding hydrogens is 245 g/mol. The summed E-state index contributed by atoms with van der Waals surface area (Å²) in [5.41, 5.74) is 0.620. The lowest BCUT2D eigenvalue weighted by molar-refractivity contribution is 0.447. The van der Waals surface area contributed by atoms with Gasteiger partial charge in [0.1, 0.15) is 6.33 Å². The maximum Gasteiger partial charge on any atom is 0.254 e. The molecule has 3 aromatic rings. The summed E-state index contributed by atoms with van der Waals surface area (Å²) in [6.07, 6.45) is 4.34. The average Bonchev–Trinajstić information content (AvgIpc) is 2.82. The summed E-state index contributed by atoms with van der Waals surface area (Å²) in [7, 11) is 0. The van der Waals surface area contributed by atoms with Crippen molar-refractivity contribution in [2.24, 2.45) is 0 Å². The molecule has 18 heavy (non-hydrogen) atoms. The van der Waals surface area contributed by atoms with Gasteiger partial charge in [0.2, 0.25) is 0 Å². The minimum absolute atomic E-state index is 0.189. The second kappa shape index (κ2) is 3.80. The molecule has 7 heteroatoms. The van der Waals surface area contributed by atoms with E-state index < -0.39 is 17.5 Å². The molecule has 0 radical (unpaired) electrons. The third-order valence-electron chi connectivity index (χ3n) is 2.47. The Balaban J connectivity index is 2.19. The molecule has 0 saturated heterocycles. The van der Waals surface area contributed by atoms with Crippen molar-refractivity contribution < 1.29 is 13.2 Å². The van der Waals surface area contributed by atoms with Crippen LogP contribution in [0.2, 0.25) is 0 Å². The summed E-state index contributed by atoms with van der Waals surface area (Å²) in [5, 5.41) is 7.32. The molecule has 0 atom stereocenters. The van der Waals surface area contributed by atoms with Crippen LogP contribution in [0.15, 0.2) is 30.9 Å². The standard InChI is InChI=1S/C11H5F3N4/c12-8-1-6(2-9(13)10(8)14)7-3-15-11-17-16-5-18(11)4-7/h1-5H. The van der Waals surface area contributed by atoms with Crippen LogP contribution >= 0.6 is 0 Å². The first kappa shape index (κ1) is 10.7. The van der Waals surface area contributed by atoms with Crippen LogP contribution in [0.25, 0.3) is 16.9 Å². The van der Waals surface area contributed by atoms with Crippen molar-refractivity contribution in [3.8, 4) is 11.1 Å². The third-order valence-corrected chi connectivity index (χ3v) is 2.47. The van der Waals surface area contributed by atoms with Gasteiger partial charge in [0.15, 0.2) is 17.5 Å². The molecule has 0 spiro atoms. The summed E-state index contributed by atoms with van der Waals surface area (Å²) in [6, 6.07) is 1.82. The Hall–Kier alpha value is -2.44. The normalized spacial score (nSPS) is 11.1. The zero-order valence-electron chi connectivity index (χ0n) is 8.81. The van der Waals surface area contributed by atoms with Gasteiger partial charge in [0, 0.05) is 18.0 Å². The van der Waals surface area contributed by atoms with Crippen molar-refractivity contribution in [1.82, 2.24) is 19.6 Å². The van der Waals surface area contributed by atoms with Gasteiger partial charge in [-0.15, -0.1) is 10.2 Å². The molecule has 0 saturated carbocycles. The maximum absolute atomic E-state index is 13.1. The number of nitrogens with zero attached hydrogens (tertiary/aromatic N) is 4. The van der Waals surface area contributed by atoms with E-state index in [0.717, 1.165) is 12.1 Å². The zero-order chi connectivity index (χ0) is 12.7. The Morgan fingerprint density at radius 3 is 2.44 bits per heavy atom. The Morgan fingerprint density at radius 1 is 1.00 bits per heavy atom. The second-order valence-electron chi connectivity index (χ2n) is 3.63. The van der Waals surface area contributed by atoms with Crippen LogP contribution in [0.5, 0.6) is 0 Å². The fourth-order valence-corrected chi connectivity index (χ4v) is 1.60. The molecule has 0 aliphatic carbocycles. The molecular formula is C11H5F3N4. The molecule has 3 rings (SSSR count). The topological polar surface area (TPSA) is 43.1 Å². The van der Waals surface area contributed by atoms with Gasteiger partial charge in [0.25, 0.3) is 5.78 Å². The van der Waals surface area contributed by atoms with Gasteiger partial charge in [-0.2, -0.15) is 0 Å². The molecule has 2 aromatic heterocycles. The lowest BCUT2D eigenvalue weighted by atomic mass is 10.1. The lowest BCUT2D eigenvalue weighted by Crippen LogP contribution is -1.94. The zero-order valence-corrected chi connectivity index (χ0v) is 8.81. The van der Waals surface area contributed by atoms with Gasteiger partial charge in [0.05, 0.1) is 0 Å². The highest BCUT2D eigenvalue weighted by molar-refractivity contribution is 5.62. The van der Waals surface area contributed by atoms with Gasteiger partial charge < -0.3 is 0 Å². The van der Waals surface area contributed by atoms with Crippen LogP contribution in [0.3, 0.4) is 0 Å². The van der Waals surface area contributed by atoms with E-state index in [-0.39, 0.29) is 5.56 Å². The van der Waals surface area contributed by atoms with Gasteiger partial charge in [-0.1, -0.05) is 0 Å². The monoisotopic (exact) mass is 250 g/mol. The van der Waals surface area contributed by atoms with E-state index in [9.17, 15) is 13.2 Å². The highest BCUT2D eigenvalue weighted by Gasteiger charge is 2.12. The first-order chi connectivity index (χ1) is 8.65. The number of hydrogen-bond acceptors (Lipinski definition) is 3. The van der Waals surface area contributed by atoms with E-state index in [1.165, 1.54) is 16.9 Å². The van der Waals surface area contributed by atoms with Crippen molar-refractivity contribution in [3.05, 3.63) is 48.3 Å². The van der Waals surface area contributed by atoms with Gasteiger partial charge in [-0.25, -0.2) is 18.2 Å². The van der Waals surface area contributed by atoms with E-state index in [1.54, 1.807) is 6.20 Å². The largest absolute Gasteiger partial charge is 0.272 e. The number of hydrogen-bond donors (Lipinski definition) is 0. The molecule has 0 amide bonds. The Bertz CT molecular complexity index is 715. The second-order valence-corrected chi connectivity index (χ2v) is 3.63. The molecule has 0 N–H and O–H groups in total. The number of rotatable bonds is 1. The average molecular weight is 250 g/mol. The molecule has 0 fully saturated rings. The van der Waals surface area contributed by atoms with Crippen LogP contribution in [-0.2, 0) is 0 Å². The minimum Gasteiger partial charge on any atom is -0.272 e. The molecule has 0 unspecified atom stereocenters. The fraction of sp³-hybridized carbons (Fsp3) is 0. The first-order valence-electron chi connectivity index (χ1n) is 4.95. The van der Waals surface area contributed by atoms with E-state index in [1.807, 2.05) is 0 Å². The molecule has 1 aromatic carbocycles. The van der Waals surface area contributed by atoms with Gasteiger partial charge in [-0.3, -0.25) is 4.40 Å². The number of aromatic nitrogens is 4. The highest BCUT2D eigenvalue weighted by Crippen LogP contribution is 2.23. The summed E-state index contributed by atoms with van der Waals surface area (Å²) in [6.45, 7) is 0. The molecule has 0 aliphatic heterocycles. The molecule has 0 bridgehead atoms. The smallest absolute Gasteiger partial charge is 0.254 e. The quantitative estimate of drug-likeness (QED) is 0.622. The van der Waals surface area contributed by atoms with Crippen LogP contribution in [0.4, 0.5) is 13.2 Å². The van der Waals surface area contributed by atoms with Gasteiger partial charge in [-0.05, 0) is 17.7 Å². The van der Waals surface area contributed by atoms with Crippen LogP contribution in [0.1, 0.15) is 0 Å². The Kier molecular flexibility index (Phi) is 2.26. The summed E-state index contributed by atoms with van der Waals surface area (Å²) < 4.78 is 40.6. The number of halogens is 3. The van der Waals surface area contributed by atoms with E-state index in [0.29, 0.717) is 11.3 Å². The maximum atomic E-state index is 13.1. The van der Waals surface area contributed by atoms with Crippen molar-refractivity contribution >= 4 is 5.78 Å². The predicted molar refractivity (Wildman–Crippen MR) is 56.1 cm³/mol. The third kappa shape index (κ3) is 1.60. The van der Waals surface area contributed by atoms with E-state index in [4.69, 9.17) is 0 Å². The Morgan fingerprint density at radius 2 is 1.72 bits per heavy atom. The van der Waals surface area contributed by atoms with Crippen LogP contribution in [0, 0.1) is 17.5 Å². The lowest BCUT2D eigenvalue weighted by Gasteiger charge is -2.03.